The monoisotopic (exact) mass is 341 g/mol. The Bertz CT molecular complexity index is 625. The van der Waals surface area contributed by atoms with Crippen LogP contribution in [-0.4, -0.2) is 24.2 Å². The molecule has 2 N–H and O–H groups in total. The molecule has 0 aliphatic carbocycles. The van der Waals surface area contributed by atoms with Crippen molar-refractivity contribution in [3.8, 4) is 11.8 Å². The lowest BCUT2D eigenvalue weighted by molar-refractivity contribution is 0.355. The Labute approximate surface area is 124 Å². The van der Waals surface area contributed by atoms with Gasteiger partial charge >= 0.3 is 0 Å². The van der Waals surface area contributed by atoms with Crippen molar-refractivity contribution in [2.24, 2.45) is 5.73 Å². The van der Waals surface area contributed by atoms with Crippen molar-refractivity contribution < 1.29 is 13.9 Å². The summed E-state index contributed by atoms with van der Waals surface area (Å²) >= 11 is 3.20. The van der Waals surface area contributed by atoms with Crippen LogP contribution in [0.3, 0.4) is 0 Å². The second-order valence-corrected chi connectivity index (χ2v) is 4.87. The maximum atomic E-state index is 13.9. The fraction of sp³-hybridized carbons (Fsp3) is 0.231. The smallest absolute Gasteiger partial charge is 0.240 e. The average Bonchev–Trinajstić information content (AvgIpc) is 2.46. The molecule has 0 amide bonds. The van der Waals surface area contributed by atoms with E-state index in [0.717, 1.165) is 0 Å². The van der Waals surface area contributed by atoms with E-state index in [1.807, 2.05) is 0 Å². The number of nitrogens with zero attached hydrogens (tertiary/aromatic N) is 2. The van der Waals surface area contributed by atoms with Gasteiger partial charge in [-0.25, -0.2) is 9.37 Å². The first-order chi connectivity index (χ1) is 9.56. The highest BCUT2D eigenvalue weighted by Crippen LogP contribution is 2.29. The molecule has 0 radical (unpaired) electrons. The van der Waals surface area contributed by atoms with Gasteiger partial charge in [0.05, 0.1) is 26.5 Å². The van der Waals surface area contributed by atoms with Crippen LogP contribution in [0.1, 0.15) is 17.3 Å². The van der Waals surface area contributed by atoms with Crippen molar-refractivity contribution in [3.63, 3.8) is 0 Å². The van der Waals surface area contributed by atoms with Crippen LogP contribution in [0, 0.1) is 5.82 Å². The molecule has 1 aromatic carbocycles. The number of halogens is 2. The summed E-state index contributed by atoms with van der Waals surface area (Å²) in [5.41, 5.74) is 6.71. The third-order valence-corrected chi connectivity index (χ3v) is 3.23. The Hall–Kier alpha value is -1.73. The molecule has 106 valence electrons. The van der Waals surface area contributed by atoms with Gasteiger partial charge in [0.15, 0.2) is 0 Å². The summed E-state index contributed by atoms with van der Waals surface area (Å²) in [5, 5.41) is 0. The van der Waals surface area contributed by atoms with Gasteiger partial charge in [0.2, 0.25) is 11.8 Å². The lowest BCUT2D eigenvalue weighted by atomic mass is 10.0. The summed E-state index contributed by atoms with van der Waals surface area (Å²) in [7, 11) is 2.91. The number of methoxy groups -OCH3 is 2. The number of hydrogen-bond acceptors (Lipinski definition) is 5. The standard InChI is InChI=1S/C13H13BrFN3O2/c1-19-10-6-17-12(13(18-10)20-2)11(16)8-4-3-7(14)5-9(8)15/h3-6,11H,16H2,1-2H3. The van der Waals surface area contributed by atoms with Crippen molar-refractivity contribution in [3.05, 3.63) is 45.9 Å². The topological polar surface area (TPSA) is 70.3 Å². The summed E-state index contributed by atoms with van der Waals surface area (Å²) in [4.78, 5) is 8.23. The van der Waals surface area contributed by atoms with E-state index in [2.05, 4.69) is 25.9 Å². The molecule has 0 saturated carbocycles. The zero-order chi connectivity index (χ0) is 14.7. The predicted molar refractivity (Wildman–Crippen MR) is 75.3 cm³/mol. The molecule has 2 aromatic rings. The molecule has 5 nitrogen and oxygen atoms in total. The molecule has 0 aliphatic rings. The van der Waals surface area contributed by atoms with Gasteiger partial charge in [-0.1, -0.05) is 22.0 Å². The molecule has 1 aromatic heterocycles. The van der Waals surface area contributed by atoms with E-state index < -0.39 is 11.9 Å². The summed E-state index contributed by atoms with van der Waals surface area (Å²) in [5.74, 6) is 0.0831. The van der Waals surface area contributed by atoms with Crippen LogP contribution in [-0.2, 0) is 0 Å². The van der Waals surface area contributed by atoms with Crippen molar-refractivity contribution >= 4 is 15.9 Å². The summed E-state index contributed by atoms with van der Waals surface area (Å²) in [6.07, 6.45) is 1.41. The van der Waals surface area contributed by atoms with Crippen LogP contribution in [0.4, 0.5) is 4.39 Å². The molecule has 0 fully saturated rings. The number of aromatic nitrogens is 2. The second-order valence-electron chi connectivity index (χ2n) is 3.95. The zero-order valence-electron chi connectivity index (χ0n) is 10.9. The van der Waals surface area contributed by atoms with E-state index in [-0.39, 0.29) is 5.88 Å². The van der Waals surface area contributed by atoms with Gasteiger partial charge in [-0.2, -0.15) is 4.98 Å². The molecule has 1 unspecified atom stereocenters. The van der Waals surface area contributed by atoms with Gasteiger partial charge in [0.1, 0.15) is 11.5 Å². The number of ether oxygens (including phenoxy) is 2. The molecule has 1 heterocycles. The van der Waals surface area contributed by atoms with Crippen LogP contribution in [0.25, 0.3) is 0 Å². The largest absolute Gasteiger partial charge is 0.480 e. The van der Waals surface area contributed by atoms with Crippen LogP contribution >= 0.6 is 15.9 Å². The van der Waals surface area contributed by atoms with Crippen molar-refractivity contribution in [2.75, 3.05) is 14.2 Å². The summed E-state index contributed by atoms with van der Waals surface area (Å²) < 4.78 is 24.7. The minimum atomic E-state index is -0.781. The van der Waals surface area contributed by atoms with Gasteiger partial charge in [0, 0.05) is 10.0 Å². The Morgan fingerprint density at radius 1 is 1.30 bits per heavy atom. The SMILES string of the molecule is COc1cnc(C(N)c2ccc(Br)cc2F)c(OC)n1. The van der Waals surface area contributed by atoms with Crippen LogP contribution in [0.15, 0.2) is 28.9 Å². The van der Waals surface area contributed by atoms with E-state index in [9.17, 15) is 4.39 Å². The molecular formula is C13H13BrFN3O2. The maximum absolute atomic E-state index is 13.9. The molecule has 0 aliphatic heterocycles. The normalized spacial score (nSPS) is 12.1. The van der Waals surface area contributed by atoms with Gasteiger partial charge in [-0.05, 0) is 12.1 Å². The number of hydrogen-bond donors (Lipinski definition) is 1. The van der Waals surface area contributed by atoms with Gasteiger partial charge < -0.3 is 15.2 Å². The highest BCUT2D eigenvalue weighted by molar-refractivity contribution is 9.10. The van der Waals surface area contributed by atoms with Crippen LogP contribution in [0.5, 0.6) is 11.8 Å². The number of rotatable bonds is 4. The van der Waals surface area contributed by atoms with E-state index >= 15 is 0 Å². The fourth-order valence-corrected chi connectivity index (χ4v) is 2.06. The van der Waals surface area contributed by atoms with Crippen molar-refractivity contribution in [1.82, 2.24) is 9.97 Å². The minimum Gasteiger partial charge on any atom is -0.480 e. The summed E-state index contributed by atoms with van der Waals surface area (Å²) in [6, 6.07) is 3.87. The third-order valence-electron chi connectivity index (χ3n) is 2.74. The van der Waals surface area contributed by atoms with Gasteiger partial charge in [-0.3, -0.25) is 0 Å². The molecule has 7 heteroatoms. The quantitative estimate of drug-likeness (QED) is 0.924. The molecular weight excluding hydrogens is 329 g/mol. The number of benzene rings is 1. The molecule has 0 spiro atoms. The second kappa shape index (κ2) is 6.15. The maximum Gasteiger partial charge on any atom is 0.240 e. The molecule has 2 rings (SSSR count). The molecule has 20 heavy (non-hydrogen) atoms. The first kappa shape index (κ1) is 14.7. The molecule has 1 atom stereocenters. The first-order valence-electron chi connectivity index (χ1n) is 5.72. The highest BCUT2D eigenvalue weighted by Gasteiger charge is 2.21. The van der Waals surface area contributed by atoms with E-state index in [0.29, 0.717) is 21.6 Å². The van der Waals surface area contributed by atoms with Gasteiger partial charge in [-0.15, -0.1) is 0 Å². The lowest BCUT2D eigenvalue weighted by Crippen LogP contribution is -2.17. The Morgan fingerprint density at radius 2 is 2.05 bits per heavy atom. The molecule has 0 bridgehead atoms. The predicted octanol–water partition coefficient (Wildman–Crippen LogP) is 2.44. The van der Waals surface area contributed by atoms with Crippen molar-refractivity contribution in [1.29, 1.82) is 0 Å². The van der Waals surface area contributed by atoms with Crippen molar-refractivity contribution in [2.45, 2.75) is 6.04 Å². The average molecular weight is 342 g/mol. The van der Waals surface area contributed by atoms with Crippen LogP contribution in [0.2, 0.25) is 0 Å². The Balaban J connectivity index is 2.44. The third kappa shape index (κ3) is 2.88. The highest BCUT2D eigenvalue weighted by atomic mass is 79.9. The molecule has 0 saturated heterocycles. The fourth-order valence-electron chi connectivity index (χ4n) is 1.73. The first-order valence-corrected chi connectivity index (χ1v) is 6.51. The van der Waals surface area contributed by atoms with E-state index in [4.69, 9.17) is 15.2 Å². The number of nitrogens with two attached hydrogens (primary N) is 1. The Morgan fingerprint density at radius 3 is 2.65 bits per heavy atom. The van der Waals surface area contributed by atoms with Crippen LogP contribution < -0.4 is 15.2 Å². The Kier molecular flexibility index (Phi) is 4.51. The van der Waals surface area contributed by atoms with E-state index in [1.165, 1.54) is 26.5 Å². The lowest BCUT2D eigenvalue weighted by Gasteiger charge is -2.15. The summed E-state index contributed by atoms with van der Waals surface area (Å²) in [6.45, 7) is 0. The zero-order valence-corrected chi connectivity index (χ0v) is 12.5. The minimum absolute atomic E-state index is 0.208. The van der Waals surface area contributed by atoms with E-state index in [1.54, 1.807) is 12.1 Å². The van der Waals surface area contributed by atoms with Gasteiger partial charge in [0.25, 0.3) is 0 Å².